The van der Waals surface area contributed by atoms with E-state index < -0.39 is 0 Å². The maximum Gasteiger partial charge on any atom is 0.244 e. The molecule has 0 heterocycles. The SMILES string of the molecule is CC(=O)N(CCN(C)C)CC(=O)Nc1ccccc1C(C)C. The van der Waals surface area contributed by atoms with Gasteiger partial charge in [0.15, 0.2) is 0 Å². The van der Waals surface area contributed by atoms with E-state index in [0.717, 1.165) is 17.8 Å². The van der Waals surface area contributed by atoms with Gasteiger partial charge in [0.25, 0.3) is 0 Å². The number of hydrogen-bond acceptors (Lipinski definition) is 3. The first kappa shape index (κ1) is 18.2. The fourth-order valence-electron chi connectivity index (χ4n) is 2.15. The van der Waals surface area contributed by atoms with E-state index in [2.05, 4.69) is 19.2 Å². The number of likely N-dealkylation sites (N-methyl/N-ethyl adjacent to an activating group) is 1. The Morgan fingerprint density at radius 2 is 1.77 bits per heavy atom. The lowest BCUT2D eigenvalue weighted by Gasteiger charge is -2.23. The Morgan fingerprint density at radius 3 is 2.32 bits per heavy atom. The summed E-state index contributed by atoms with van der Waals surface area (Å²) < 4.78 is 0. The lowest BCUT2D eigenvalue weighted by molar-refractivity contribution is -0.132. The van der Waals surface area contributed by atoms with Crippen molar-refractivity contribution in [3.05, 3.63) is 29.8 Å². The van der Waals surface area contributed by atoms with Gasteiger partial charge in [-0.05, 0) is 31.6 Å². The molecule has 0 spiro atoms. The number of nitrogens with zero attached hydrogens (tertiary/aromatic N) is 2. The molecular formula is C17H27N3O2. The number of hydrogen-bond donors (Lipinski definition) is 1. The van der Waals surface area contributed by atoms with Gasteiger partial charge in [-0.3, -0.25) is 9.59 Å². The van der Waals surface area contributed by atoms with E-state index in [0.29, 0.717) is 12.5 Å². The van der Waals surface area contributed by atoms with Gasteiger partial charge in [-0.1, -0.05) is 32.0 Å². The van der Waals surface area contributed by atoms with Gasteiger partial charge >= 0.3 is 0 Å². The van der Waals surface area contributed by atoms with Crippen LogP contribution in [0.5, 0.6) is 0 Å². The van der Waals surface area contributed by atoms with Crippen molar-refractivity contribution in [3.8, 4) is 0 Å². The van der Waals surface area contributed by atoms with Crippen LogP contribution in [0.25, 0.3) is 0 Å². The lowest BCUT2D eigenvalue weighted by Crippen LogP contribution is -2.40. The van der Waals surface area contributed by atoms with Gasteiger partial charge in [-0.15, -0.1) is 0 Å². The molecule has 1 aromatic rings. The van der Waals surface area contributed by atoms with Gasteiger partial charge in [-0.25, -0.2) is 0 Å². The number of carbonyl (C=O) groups is 2. The zero-order valence-electron chi connectivity index (χ0n) is 14.2. The molecule has 0 aromatic heterocycles. The molecule has 0 aliphatic heterocycles. The highest BCUT2D eigenvalue weighted by Gasteiger charge is 2.15. The first-order valence-corrected chi connectivity index (χ1v) is 7.60. The molecule has 0 fully saturated rings. The van der Waals surface area contributed by atoms with Gasteiger partial charge in [0, 0.05) is 25.7 Å². The van der Waals surface area contributed by atoms with E-state index in [4.69, 9.17) is 0 Å². The van der Waals surface area contributed by atoms with E-state index >= 15 is 0 Å². The Hall–Kier alpha value is -1.88. The molecule has 122 valence electrons. The summed E-state index contributed by atoms with van der Waals surface area (Å²) in [5.74, 6) is 0.0744. The maximum atomic E-state index is 12.2. The number of amides is 2. The smallest absolute Gasteiger partial charge is 0.244 e. The molecule has 0 unspecified atom stereocenters. The third-order valence-corrected chi connectivity index (χ3v) is 3.45. The zero-order chi connectivity index (χ0) is 16.7. The summed E-state index contributed by atoms with van der Waals surface area (Å²) in [7, 11) is 3.88. The van der Waals surface area contributed by atoms with Crippen LogP contribution >= 0.6 is 0 Å². The summed E-state index contributed by atoms with van der Waals surface area (Å²) >= 11 is 0. The average molecular weight is 305 g/mol. The van der Waals surface area contributed by atoms with Crippen molar-refractivity contribution < 1.29 is 9.59 Å². The third kappa shape index (κ3) is 5.85. The fourth-order valence-corrected chi connectivity index (χ4v) is 2.15. The molecular weight excluding hydrogens is 278 g/mol. The molecule has 1 rings (SSSR count). The number of carbonyl (C=O) groups excluding carboxylic acids is 2. The van der Waals surface area contributed by atoms with Crippen LogP contribution in [0.4, 0.5) is 5.69 Å². The first-order chi connectivity index (χ1) is 10.3. The standard InChI is InChI=1S/C17H27N3O2/c1-13(2)15-8-6-7-9-16(15)18-17(22)12-20(14(3)21)11-10-19(4)5/h6-9,13H,10-12H2,1-5H3,(H,18,22). The van der Waals surface area contributed by atoms with E-state index in [-0.39, 0.29) is 18.4 Å². The Morgan fingerprint density at radius 1 is 1.14 bits per heavy atom. The number of anilines is 1. The molecule has 0 bridgehead atoms. The van der Waals surface area contributed by atoms with Gasteiger partial charge in [0.1, 0.15) is 0 Å². The molecule has 1 aromatic carbocycles. The minimum absolute atomic E-state index is 0.0790. The fraction of sp³-hybridized carbons (Fsp3) is 0.529. The molecule has 0 aliphatic rings. The van der Waals surface area contributed by atoms with E-state index in [9.17, 15) is 9.59 Å². The van der Waals surface area contributed by atoms with E-state index in [1.807, 2.05) is 43.3 Å². The predicted octanol–water partition coefficient (Wildman–Crippen LogP) is 2.16. The summed E-state index contributed by atoms with van der Waals surface area (Å²) in [5, 5.41) is 2.92. The third-order valence-electron chi connectivity index (χ3n) is 3.45. The monoisotopic (exact) mass is 305 g/mol. The summed E-state index contributed by atoms with van der Waals surface area (Å²) in [4.78, 5) is 27.4. The van der Waals surface area contributed by atoms with Crippen LogP contribution in [0, 0.1) is 0 Å². The van der Waals surface area contributed by atoms with Crippen LogP contribution in [0.15, 0.2) is 24.3 Å². The van der Waals surface area contributed by atoms with Crippen LogP contribution in [-0.2, 0) is 9.59 Å². The van der Waals surface area contributed by atoms with Crippen molar-refractivity contribution in [1.82, 2.24) is 9.80 Å². The maximum absolute atomic E-state index is 12.2. The Labute approximate surface area is 133 Å². The molecule has 22 heavy (non-hydrogen) atoms. The number of nitrogens with one attached hydrogen (secondary N) is 1. The molecule has 0 saturated heterocycles. The summed E-state index contributed by atoms with van der Waals surface area (Å²) in [6.45, 7) is 7.02. The molecule has 2 amide bonds. The van der Waals surface area contributed by atoms with Crippen molar-refractivity contribution in [2.24, 2.45) is 0 Å². The molecule has 0 aliphatic carbocycles. The second kappa shape index (κ2) is 8.54. The molecule has 5 heteroatoms. The van der Waals surface area contributed by atoms with Crippen LogP contribution in [0.3, 0.4) is 0 Å². The summed E-state index contributed by atoms with van der Waals surface area (Å²) in [6, 6.07) is 7.76. The van der Waals surface area contributed by atoms with Gasteiger partial charge in [0.2, 0.25) is 11.8 Å². The quantitative estimate of drug-likeness (QED) is 0.840. The Bertz CT molecular complexity index is 512. The van der Waals surface area contributed by atoms with Gasteiger partial charge in [0.05, 0.1) is 6.54 Å². The van der Waals surface area contributed by atoms with E-state index in [1.165, 1.54) is 6.92 Å². The van der Waals surface area contributed by atoms with Crippen molar-refractivity contribution in [3.63, 3.8) is 0 Å². The zero-order valence-corrected chi connectivity index (χ0v) is 14.2. The first-order valence-electron chi connectivity index (χ1n) is 7.60. The predicted molar refractivity (Wildman–Crippen MR) is 90.0 cm³/mol. The van der Waals surface area contributed by atoms with Crippen molar-refractivity contribution >= 4 is 17.5 Å². The van der Waals surface area contributed by atoms with Crippen molar-refractivity contribution in [2.45, 2.75) is 26.7 Å². The number of benzene rings is 1. The number of para-hydroxylation sites is 1. The second-order valence-electron chi connectivity index (χ2n) is 6.03. The van der Waals surface area contributed by atoms with Crippen LogP contribution in [-0.4, -0.2) is 55.3 Å². The Balaban J connectivity index is 2.70. The van der Waals surface area contributed by atoms with Gasteiger partial charge < -0.3 is 15.1 Å². The van der Waals surface area contributed by atoms with Crippen molar-refractivity contribution in [2.75, 3.05) is 39.0 Å². The van der Waals surface area contributed by atoms with Gasteiger partial charge in [-0.2, -0.15) is 0 Å². The average Bonchev–Trinajstić information content (AvgIpc) is 2.43. The second-order valence-corrected chi connectivity index (χ2v) is 6.03. The van der Waals surface area contributed by atoms with Crippen LogP contribution in [0.1, 0.15) is 32.3 Å². The normalized spacial score (nSPS) is 10.9. The molecule has 1 N–H and O–H groups in total. The van der Waals surface area contributed by atoms with Crippen LogP contribution in [0.2, 0.25) is 0 Å². The number of rotatable bonds is 7. The van der Waals surface area contributed by atoms with Crippen molar-refractivity contribution in [1.29, 1.82) is 0 Å². The molecule has 0 atom stereocenters. The molecule has 0 radical (unpaired) electrons. The topological polar surface area (TPSA) is 52.7 Å². The molecule has 5 nitrogen and oxygen atoms in total. The highest BCUT2D eigenvalue weighted by atomic mass is 16.2. The van der Waals surface area contributed by atoms with Crippen LogP contribution < -0.4 is 5.32 Å². The summed E-state index contributed by atoms with van der Waals surface area (Å²) in [6.07, 6.45) is 0. The largest absolute Gasteiger partial charge is 0.332 e. The minimum atomic E-state index is -0.165. The summed E-state index contributed by atoms with van der Waals surface area (Å²) in [5.41, 5.74) is 1.91. The Kier molecular flexibility index (Phi) is 7.05. The molecule has 0 saturated carbocycles. The highest BCUT2D eigenvalue weighted by molar-refractivity contribution is 5.95. The van der Waals surface area contributed by atoms with E-state index in [1.54, 1.807) is 4.90 Å². The lowest BCUT2D eigenvalue weighted by atomic mass is 10.0. The minimum Gasteiger partial charge on any atom is -0.332 e. The highest BCUT2D eigenvalue weighted by Crippen LogP contribution is 2.23.